The Morgan fingerprint density at radius 1 is 0.975 bits per heavy atom. The highest BCUT2D eigenvalue weighted by Crippen LogP contribution is 2.31. The number of rotatable bonds is 6. The fraction of sp³-hybridized carbons (Fsp3) is 0.393. The third kappa shape index (κ3) is 4.42. The van der Waals surface area contributed by atoms with Crippen LogP contribution in [0.3, 0.4) is 0 Å². The van der Waals surface area contributed by atoms with Crippen molar-refractivity contribution in [3.63, 3.8) is 0 Å². The van der Waals surface area contributed by atoms with Crippen molar-refractivity contribution in [3.8, 4) is 0 Å². The predicted molar refractivity (Wildman–Crippen MR) is 147 cm³/mol. The van der Waals surface area contributed by atoms with Crippen molar-refractivity contribution in [1.29, 1.82) is 0 Å². The van der Waals surface area contributed by atoms with Crippen LogP contribution in [0.2, 0.25) is 0 Å². The van der Waals surface area contributed by atoms with Gasteiger partial charge in [0, 0.05) is 69.0 Å². The number of anilines is 2. The van der Waals surface area contributed by atoms with E-state index in [1.54, 1.807) is 37.8 Å². The maximum atomic E-state index is 13.3. The van der Waals surface area contributed by atoms with Crippen molar-refractivity contribution in [2.24, 2.45) is 5.10 Å². The molecular formula is C28H30FN9O2. The molecule has 11 nitrogen and oxygen atoms in total. The summed E-state index contributed by atoms with van der Waals surface area (Å²) in [6.07, 6.45) is 8.97. The van der Waals surface area contributed by atoms with Crippen molar-refractivity contribution < 1.29 is 14.2 Å². The van der Waals surface area contributed by atoms with Gasteiger partial charge in [-0.1, -0.05) is 12.1 Å². The molecule has 3 aromatic heterocycles. The van der Waals surface area contributed by atoms with Gasteiger partial charge in [-0.05, 0) is 36.2 Å². The minimum atomic E-state index is -1.33. The number of nitrogens with zero attached hydrogens (tertiary/aromatic N) is 9. The summed E-state index contributed by atoms with van der Waals surface area (Å²) in [6, 6.07) is 8.37. The SMILES string of the molecule is C[C@](O)(c1ccc(F)cc1)c1cnc(N2CCN(c3ncnn4cc(C5C=NN(C6COC6)C5)cc34)CC2)nc1. The van der Waals surface area contributed by atoms with Crippen LogP contribution in [0, 0.1) is 5.82 Å². The zero-order valence-corrected chi connectivity index (χ0v) is 22.1. The van der Waals surface area contributed by atoms with E-state index < -0.39 is 5.60 Å². The molecule has 40 heavy (non-hydrogen) atoms. The van der Waals surface area contributed by atoms with Gasteiger partial charge in [0.05, 0.1) is 19.3 Å². The Hall–Kier alpha value is -4.16. The van der Waals surface area contributed by atoms with Gasteiger partial charge in [0.25, 0.3) is 0 Å². The standard InChI is InChI=1S/C28H30FN9O2/c1-28(39,21-2-4-23(29)5-3-21)22-12-30-27(31-13-22)36-8-6-35(7-9-36)26-25-10-19(14-38(25)34-18-32-26)20-11-33-37(15-20)24-16-40-17-24/h2-5,10-14,18,20,24,39H,6-9,15-17H2,1H3/t20?,28-/m0/s1. The molecule has 0 saturated carbocycles. The number of aliphatic hydroxyl groups is 1. The fourth-order valence-corrected chi connectivity index (χ4v) is 5.47. The summed E-state index contributed by atoms with van der Waals surface area (Å²) >= 11 is 0. The average Bonchev–Trinajstić information content (AvgIpc) is 3.60. The molecule has 12 heteroatoms. The summed E-state index contributed by atoms with van der Waals surface area (Å²) in [5.74, 6) is 1.39. The van der Waals surface area contributed by atoms with E-state index in [2.05, 4.69) is 52.2 Å². The highest BCUT2D eigenvalue weighted by Gasteiger charge is 2.32. The van der Waals surface area contributed by atoms with E-state index in [-0.39, 0.29) is 11.7 Å². The number of benzene rings is 1. The second-order valence-electron chi connectivity index (χ2n) is 10.7. The van der Waals surface area contributed by atoms with Crippen LogP contribution in [0.25, 0.3) is 5.52 Å². The molecule has 206 valence electrons. The van der Waals surface area contributed by atoms with Gasteiger partial charge >= 0.3 is 0 Å². The number of ether oxygens (including phenoxy) is 1. The smallest absolute Gasteiger partial charge is 0.225 e. The van der Waals surface area contributed by atoms with Gasteiger partial charge in [-0.3, -0.25) is 5.01 Å². The first-order valence-corrected chi connectivity index (χ1v) is 13.5. The summed E-state index contributed by atoms with van der Waals surface area (Å²) < 4.78 is 20.6. The van der Waals surface area contributed by atoms with Crippen LogP contribution in [0.5, 0.6) is 0 Å². The van der Waals surface area contributed by atoms with E-state index in [0.29, 0.717) is 23.1 Å². The van der Waals surface area contributed by atoms with Gasteiger partial charge in [0.1, 0.15) is 23.3 Å². The van der Waals surface area contributed by atoms with Crippen LogP contribution in [0.1, 0.15) is 29.5 Å². The first-order valence-electron chi connectivity index (χ1n) is 13.5. The number of piperazine rings is 1. The molecule has 0 bridgehead atoms. The quantitative estimate of drug-likeness (QED) is 0.391. The van der Waals surface area contributed by atoms with Gasteiger partial charge in [-0.15, -0.1) is 0 Å². The first kappa shape index (κ1) is 24.9. The topological polar surface area (TPSA) is 108 Å². The third-order valence-corrected chi connectivity index (χ3v) is 8.12. The third-order valence-electron chi connectivity index (χ3n) is 8.12. The van der Waals surface area contributed by atoms with Gasteiger partial charge in [-0.25, -0.2) is 23.9 Å². The Kier molecular flexibility index (Phi) is 6.08. The monoisotopic (exact) mass is 543 g/mol. The largest absolute Gasteiger partial charge is 0.381 e. The van der Waals surface area contributed by atoms with Gasteiger partial charge < -0.3 is 19.6 Å². The molecule has 0 amide bonds. The van der Waals surface area contributed by atoms with Crippen LogP contribution in [-0.2, 0) is 10.3 Å². The lowest BCUT2D eigenvalue weighted by Gasteiger charge is -2.35. The van der Waals surface area contributed by atoms with E-state index in [1.807, 2.05) is 10.7 Å². The second-order valence-corrected chi connectivity index (χ2v) is 10.7. The molecule has 3 aliphatic rings. The summed E-state index contributed by atoms with van der Waals surface area (Å²) in [5, 5.41) is 22.3. The maximum absolute atomic E-state index is 13.3. The zero-order chi connectivity index (χ0) is 27.3. The Balaban J connectivity index is 1.02. The highest BCUT2D eigenvalue weighted by atomic mass is 19.1. The van der Waals surface area contributed by atoms with E-state index in [4.69, 9.17) is 4.74 Å². The molecule has 6 heterocycles. The van der Waals surface area contributed by atoms with Crippen molar-refractivity contribution in [1.82, 2.24) is 29.6 Å². The summed E-state index contributed by atoms with van der Waals surface area (Å²) in [5.41, 5.74) is 1.96. The zero-order valence-electron chi connectivity index (χ0n) is 22.1. The molecule has 2 atom stereocenters. The number of hydrazone groups is 1. The van der Waals surface area contributed by atoms with Crippen LogP contribution in [0.4, 0.5) is 16.2 Å². The Bertz CT molecular complexity index is 1530. The molecule has 1 N–H and O–H groups in total. The predicted octanol–water partition coefficient (Wildman–Crippen LogP) is 2.02. The Morgan fingerprint density at radius 3 is 2.40 bits per heavy atom. The number of hydrogen-bond acceptors (Lipinski definition) is 10. The Labute approximate surface area is 230 Å². The average molecular weight is 544 g/mol. The van der Waals surface area contributed by atoms with Crippen molar-refractivity contribution in [2.45, 2.75) is 24.5 Å². The summed E-state index contributed by atoms with van der Waals surface area (Å²) in [6.45, 7) is 6.97. The molecule has 7 rings (SSSR count). The van der Waals surface area contributed by atoms with Crippen LogP contribution < -0.4 is 9.80 Å². The van der Waals surface area contributed by atoms with Crippen molar-refractivity contribution in [2.75, 3.05) is 55.7 Å². The number of aromatic nitrogens is 5. The maximum Gasteiger partial charge on any atom is 0.225 e. The summed E-state index contributed by atoms with van der Waals surface area (Å²) in [7, 11) is 0. The first-order chi connectivity index (χ1) is 19.5. The number of fused-ring (bicyclic) bond motifs is 1. The van der Waals surface area contributed by atoms with Gasteiger partial charge in [0.15, 0.2) is 5.82 Å². The van der Waals surface area contributed by atoms with Crippen molar-refractivity contribution in [3.05, 3.63) is 77.8 Å². The molecule has 3 aliphatic heterocycles. The molecule has 1 unspecified atom stereocenters. The minimum absolute atomic E-state index is 0.218. The van der Waals surface area contributed by atoms with E-state index in [9.17, 15) is 9.50 Å². The highest BCUT2D eigenvalue weighted by molar-refractivity contribution is 5.75. The molecule has 4 aromatic rings. The van der Waals surface area contributed by atoms with Gasteiger partial charge in [0.2, 0.25) is 5.95 Å². The van der Waals surface area contributed by atoms with E-state index in [1.165, 1.54) is 17.7 Å². The molecule has 0 aliphatic carbocycles. The van der Waals surface area contributed by atoms with E-state index in [0.717, 1.165) is 57.3 Å². The fourth-order valence-electron chi connectivity index (χ4n) is 5.47. The van der Waals surface area contributed by atoms with Crippen LogP contribution >= 0.6 is 0 Å². The molecule has 2 fully saturated rings. The van der Waals surface area contributed by atoms with Crippen LogP contribution in [-0.4, -0.2) is 92.9 Å². The van der Waals surface area contributed by atoms with E-state index >= 15 is 0 Å². The molecule has 2 saturated heterocycles. The van der Waals surface area contributed by atoms with Crippen molar-refractivity contribution >= 4 is 23.5 Å². The van der Waals surface area contributed by atoms with Gasteiger partial charge in [-0.2, -0.15) is 10.2 Å². The Morgan fingerprint density at radius 2 is 1.70 bits per heavy atom. The van der Waals surface area contributed by atoms with Crippen LogP contribution in [0.15, 0.2) is 60.4 Å². The number of hydrogen-bond donors (Lipinski definition) is 1. The normalized spacial score (nSPS) is 21.2. The minimum Gasteiger partial charge on any atom is -0.381 e. The lowest BCUT2D eigenvalue weighted by Crippen LogP contribution is -2.47. The molecule has 1 aromatic carbocycles. The number of halogens is 1. The lowest BCUT2D eigenvalue weighted by atomic mass is 9.90. The summed E-state index contributed by atoms with van der Waals surface area (Å²) in [4.78, 5) is 18.1. The molecule has 0 radical (unpaired) electrons. The second kappa shape index (κ2) is 9.79. The molecular weight excluding hydrogens is 513 g/mol. The lowest BCUT2D eigenvalue weighted by molar-refractivity contribution is -0.0612. The molecule has 0 spiro atoms.